The number of carbonyl (C=O) groups is 1. The maximum atomic E-state index is 12.2. The van der Waals surface area contributed by atoms with Crippen molar-refractivity contribution in [2.75, 3.05) is 13.2 Å². The van der Waals surface area contributed by atoms with Gasteiger partial charge in [-0.05, 0) is 39.7 Å². The number of amides is 1. The fourth-order valence-corrected chi connectivity index (χ4v) is 3.64. The number of aromatic nitrogens is 2. The van der Waals surface area contributed by atoms with Gasteiger partial charge in [-0.1, -0.05) is 0 Å². The van der Waals surface area contributed by atoms with Gasteiger partial charge in [-0.25, -0.2) is 4.98 Å². The van der Waals surface area contributed by atoms with E-state index in [1.165, 1.54) is 0 Å². The molecule has 6 heteroatoms. The lowest BCUT2D eigenvalue weighted by atomic mass is 10.2. The summed E-state index contributed by atoms with van der Waals surface area (Å²) in [5.74, 6) is 0.0308. The molecule has 3 heterocycles. The minimum Gasteiger partial charge on any atom is -0.376 e. The van der Waals surface area contributed by atoms with Crippen LogP contribution in [0.4, 0.5) is 0 Å². The molecule has 0 aromatic carbocycles. The zero-order chi connectivity index (χ0) is 16.4. The summed E-state index contributed by atoms with van der Waals surface area (Å²) in [6, 6.07) is 2.11. The average Bonchev–Trinajstić information content (AvgIpc) is 3.23. The quantitative estimate of drug-likeness (QED) is 0.915. The molecule has 124 valence electrons. The zero-order valence-corrected chi connectivity index (χ0v) is 14.7. The number of carbonyl (C=O) groups excluding carboxylic acids is 1. The van der Waals surface area contributed by atoms with E-state index < -0.39 is 0 Å². The normalized spacial score (nSPS) is 17.6. The minimum atomic E-state index is 0.0308. The number of thiazole rings is 1. The Morgan fingerprint density at radius 3 is 2.96 bits per heavy atom. The van der Waals surface area contributed by atoms with Gasteiger partial charge < -0.3 is 14.6 Å². The molecular formula is C17H23N3O2S. The monoisotopic (exact) mass is 333 g/mol. The second kappa shape index (κ2) is 6.84. The average molecular weight is 333 g/mol. The largest absolute Gasteiger partial charge is 0.376 e. The molecule has 1 saturated heterocycles. The smallest absolute Gasteiger partial charge is 0.240 e. The predicted octanol–water partition coefficient (Wildman–Crippen LogP) is 2.83. The second-order valence-electron chi connectivity index (χ2n) is 6.06. The van der Waals surface area contributed by atoms with Gasteiger partial charge in [0.25, 0.3) is 0 Å². The van der Waals surface area contributed by atoms with Crippen molar-refractivity contribution in [2.45, 2.75) is 46.3 Å². The molecule has 1 aliphatic heterocycles. The molecule has 2 aromatic heterocycles. The topological polar surface area (TPSA) is 56.2 Å². The number of hydrogen-bond donors (Lipinski definition) is 1. The first kappa shape index (κ1) is 16.2. The number of nitrogens with zero attached hydrogens (tertiary/aromatic N) is 2. The van der Waals surface area contributed by atoms with Crippen molar-refractivity contribution in [2.24, 2.45) is 0 Å². The summed E-state index contributed by atoms with van der Waals surface area (Å²) in [4.78, 5) is 16.8. The van der Waals surface area contributed by atoms with Crippen LogP contribution in [-0.4, -0.2) is 34.7 Å². The van der Waals surface area contributed by atoms with E-state index in [0.29, 0.717) is 13.1 Å². The van der Waals surface area contributed by atoms with Crippen LogP contribution in [0.15, 0.2) is 11.4 Å². The van der Waals surface area contributed by atoms with Crippen LogP contribution in [0, 0.1) is 20.8 Å². The molecular weight excluding hydrogens is 310 g/mol. The Morgan fingerprint density at radius 2 is 2.30 bits per heavy atom. The van der Waals surface area contributed by atoms with E-state index in [2.05, 4.69) is 26.3 Å². The molecule has 1 fully saturated rings. The van der Waals surface area contributed by atoms with Crippen molar-refractivity contribution in [1.29, 1.82) is 0 Å². The lowest BCUT2D eigenvalue weighted by molar-refractivity contribution is -0.122. The number of rotatable bonds is 5. The summed E-state index contributed by atoms with van der Waals surface area (Å²) in [6.45, 7) is 7.84. The highest BCUT2D eigenvalue weighted by Gasteiger charge is 2.18. The van der Waals surface area contributed by atoms with Gasteiger partial charge in [0.1, 0.15) is 6.54 Å². The molecule has 0 saturated carbocycles. The van der Waals surface area contributed by atoms with Crippen LogP contribution in [-0.2, 0) is 16.1 Å². The number of aryl methyl sites for hydroxylation is 2. The first-order valence-corrected chi connectivity index (χ1v) is 8.90. The van der Waals surface area contributed by atoms with Crippen LogP contribution >= 0.6 is 11.3 Å². The van der Waals surface area contributed by atoms with E-state index in [1.807, 2.05) is 20.8 Å². The van der Waals surface area contributed by atoms with Crippen LogP contribution in [0.5, 0.6) is 0 Å². The molecule has 1 atom stereocenters. The Bertz CT molecular complexity index is 699. The van der Waals surface area contributed by atoms with Gasteiger partial charge in [0.2, 0.25) is 5.91 Å². The van der Waals surface area contributed by atoms with Crippen LogP contribution in [0.3, 0.4) is 0 Å². The van der Waals surface area contributed by atoms with Gasteiger partial charge in [0.05, 0.1) is 16.8 Å². The maximum absolute atomic E-state index is 12.2. The van der Waals surface area contributed by atoms with Crippen LogP contribution in [0.1, 0.15) is 29.2 Å². The third kappa shape index (κ3) is 3.64. The highest BCUT2D eigenvalue weighted by atomic mass is 32.1. The van der Waals surface area contributed by atoms with Crippen molar-refractivity contribution < 1.29 is 9.53 Å². The molecule has 1 amide bonds. The van der Waals surface area contributed by atoms with Crippen molar-refractivity contribution in [1.82, 2.24) is 14.9 Å². The summed E-state index contributed by atoms with van der Waals surface area (Å²) in [5.41, 5.74) is 4.26. The first-order chi connectivity index (χ1) is 11.0. The van der Waals surface area contributed by atoms with Crippen LogP contribution in [0.2, 0.25) is 0 Å². The Morgan fingerprint density at radius 1 is 1.48 bits per heavy atom. The summed E-state index contributed by atoms with van der Waals surface area (Å²) < 4.78 is 7.59. The predicted molar refractivity (Wildman–Crippen MR) is 91.7 cm³/mol. The van der Waals surface area contributed by atoms with E-state index in [-0.39, 0.29) is 12.0 Å². The van der Waals surface area contributed by atoms with Gasteiger partial charge in [0, 0.05) is 35.5 Å². The van der Waals surface area contributed by atoms with Gasteiger partial charge in [-0.15, -0.1) is 11.3 Å². The molecule has 5 nitrogen and oxygen atoms in total. The highest BCUT2D eigenvalue weighted by Crippen LogP contribution is 2.27. The van der Waals surface area contributed by atoms with E-state index >= 15 is 0 Å². The number of ether oxygens (including phenoxy) is 1. The van der Waals surface area contributed by atoms with E-state index in [9.17, 15) is 4.79 Å². The van der Waals surface area contributed by atoms with Crippen molar-refractivity contribution >= 4 is 17.2 Å². The Labute approximate surface area is 140 Å². The summed E-state index contributed by atoms with van der Waals surface area (Å²) >= 11 is 1.65. The fraction of sp³-hybridized carbons (Fsp3) is 0.529. The van der Waals surface area contributed by atoms with Gasteiger partial charge >= 0.3 is 0 Å². The molecule has 23 heavy (non-hydrogen) atoms. The van der Waals surface area contributed by atoms with E-state index in [1.54, 1.807) is 11.3 Å². The molecule has 1 unspecified atom stereocenters. The Kier molecular flexibility index (Phi) is 4.82. The van der Waals surface area contributed by atoms with Crippen LogP contribution in [0.25, 0.3) is 11.3 Å². The SMILES string of the molecule is Cc1nc(-c2cc(C)n(CC(=O)NCC3CCCO3)c2C)cs1. The third-order valence-electron chi connectivity index (χ3n) is 4.32. The number of hydrogen-bond acceptors (Lipinski definition) is 4. The van der Waals surface area contributed by atoms with Crippen molar-refractivity contribution in [3.63, 3.8) is 0 Å². The highest BCUT2D eigenvalue weighted by molar-refractivity contribution is 7.09. The van der Waals surface area contributed by atoms with Crippen molar-refractivity contribution in [3.8, 4) is 11.3 Å². The lowest BCUT2D eigenvalue weighted by Gasteiger charge is -2.13. The van der Waals surface area contributed by atoms with Crippen LogP contribution < -0.4 is 5.32 Å². The lowest BCUT2D eigenvalue weighted by Crippen LogP contribution is -2.34. The number of nitrogens with one attached hydrogen (secondary N) is 1. The molecule has 1 aliphatic rings. The maximum Gasteiger partial charge on any atom is 0.240 e. The van der Waals surface area contributed by atoms with E-state index in [4.69, 9.17) is 4.74 Å². The second-order valence-corrected chi connectivity index (χ2v) is 7.12. The Hall–Kier alpha value is -1.66. The Balaban J connectivity index is 1.67. The first-order valence-electron chi connectivity index (χ1n) is 8.02. The minimum absolute atomic E-state index is 0.0308. The molecule has 3 rings (SSSR count). The standard InChI is InChI=1S/C17H23N3O2S/c1-11-7-15(16-10-23-13(3)19-16)12(2)20(11)9-17(21)18-8-14-5-4-6-22-14/h7,10,14H,4-6,8-9H2,1-3H3,(H,18,21). The zero-order valence-electron chi connectivity index (χ0n) is 13.9. The van der Waals surface area contributed by atoms with Gasteiger partial charge in [-0.2, -0.15) is 0 Å². The molecule has 1 N–H and O–H groups in total. The third-order valence-corrected chi connectivity index (χ3v) is 5.09. The molecule has 0 spiro atoms. The van der Waals surface area contributed by atoms with E-state index in [0.717, 1.165) is 47.1 Å². The molecule has 0 aliphatic carbocycles. The molecule has 0 radical (unpaired) electrons. The van der Waals surface area contributed by atoms with Crippen molar-refractivity contribution in [3.05, 3.63) is 27.8 Å². The molecule has 0 bridgehead atoms. The van der Waals surface area contributed by atoms with Gasteiger partial charge in [0.15, 0.2) is 0 Å². The summed E-state index contributed by atoms with van der Waals surface area (Å²) in [6.07, 6.45) is 2.31. The summed E-state index contributed by atoms with van der Waals surface area (Å²) in [7, 11) is 0. The fourth-order valence-electron chi connectivity index (χ4n) is 3.02. The summed E-state index contributed by atoms with van der Waals surface area (Å²) in [5, 5.41) is 6.11. The van der Waals surface area contributed by atoms with Gasteiger partial charge in [-0.3, -0.25) is 4.79 Å². The molecule has 2 aromatic rings.